The first-order valence-corrected chi connectivity index (χ1v) is 6.82. The van der Waals surface area contributed by atoms with Crippen molar-refractivity contribution in [2.24, 2.45) is 0 Å². The third-order valence-electron chi connectivity index (χ3n) is 2.46. The number of benzene rings is 2. The molecule has 9 heteroatoms. The Labute approximate surface area is 116 Å². The van der Waals surface area contributed by atoms with Crippen LogP contribution in [-0.2, 0) is 10.0 Å². The minimum atomic E-state index is -4.63. The lowest BCUT2D eigenvalue weighted by atomic mass is 10.3. The molecule has 1 N–H and O–H groups in total. The average molecular weight is 323 g/mol. The molecule has 0 aliphatic heterocycles. The highest BCUT2D eigenvalue weighted by Gasteiger charge is 2.24. The average Bonchev–Trinajstić information content (AvgIpc) is 2.39. The number of anilines is 1. The van der Waals surface area contributed by atoms with E-state index < -0.39 is 49.7 Å². The summed E-state index contributed by atoms with van der Waals surface area (Å²) in [6.45, 7) is 0. The van der Waals surface area contributed by atoms with Gasteiger partial charge in [-0.1, -0.05) is 0 Å². The van der Waals surface area contributed by atoms with Gasteiger partial charge in [0.2, 0.25) is 0 Å². The van der Waals surface area contributed by atoms with E-state index >= 15 is 0 Å². The molecule has 0 spiro atoms. The lowest BCUT2D eigenvalue weighted by Gasteiger charge is -2.09. The third-order valence-corrected chi connectivity index (χ3v) is 3.86. The number of sulfonamides is 1. The van der Waals surface area contributed by atoms with E-state index in [9.17, 15) is 30.4 Å². The van der Waals surface area contributed by atoms with Crippen molar-refractivity contribution in [2.75, 3.05) is 4.72 Å². The van der Waals surface area contributed by atoms with E-state index in [1.54, 1.807) is 4.72 Å². The summed E-state index contributed by atoms with van der Waals surface area (Å²) in [7, 11) is -4.63. The molecule has 0 aliphatic rings. The van der Waals surface area contributed by atoms with E-state index in [2.05, 4.69) is 0 Å². The lowest BCUT2D eigenvalue weighted by Crippen LogP contribution is -2.16. The van der Waals surface area contributed by atoms with Crippen molar-refractivity contribution < 1.29 is 30.4 Å². The van der Waals surface area contributed by atoms with Gasteiger partial charge >= 0.3 is 0 Å². The molecule has 112 valence electrons. The van der Waals surface area contributed by atoms with Crippen molar-refractivity contribution >= 4 is 15.7 Å². The number of hydrogen-bond acceptors (Lipinski definition) is 2. The largest absolute Gasteiger partial charge is 0.279 e. The highest BCUT2D eigenvalue weighted by molar-refractivity contribution is 7.92. The highest BCUT2D eigenvalue weighted by atomic mass is 32.2. The van der Waals surface area contributed by atoms with Gasteiger partial charge in [-0.25, -0.2) is 30.4 Å². The number of halogens is 5. The highest BCUT2D eigenvalue weighted by Crippen LogP contribution is 2.23. The Hall–Kier alpha value is -2.16. The van der Waals surface area contributed by atoms with E-state index in [1.807, 2.05) is 0 Å². The Kier molecular flexibility index (Phi) is 3.86. The molecular formula is C12H6F5NO2S. The minimum absolute atomic E-state index is 0.405. The van der Waals surface area contributed by atoms with Crippen LogP contribution in [-0.4, -0.2) is 8.42 Å². The first-order valence-electron chi connectivity index (χ1n) is 5.34. The summed E-state index contributed by atoms with van der Waals surface area (Å²) in [6, 6.07) is 2.99. The molecule has 0 aliphatic carbocycles. The first kappa shape index (κ1) is 15.2. The molecule has 0 fully saturated rings. The maximum Gasteiger partial charge on any atom is 0.264 e. The molecule has 0 atom stereocenters. The predicted molar refractivity (Wildman–Crippen MR) is 63.5 cm³/mol. The summed E-state index contributed by atoms with van der Waals surface area (Å²) in [5.74, 6) is -7.97. The molecule has 2 aromatic rings. The van der Waals surface area contributed by atoms with Gasteiger partial charge in [0, 0.05) is 6.07 Å². The quantitative estimate of drug-likeness (QED) is 0.696. The third kappa shape index (κ3) is 2.97. The van der Waals surface area contributed by atoms with Gasteiger partial charge in [0.1, 0.15) is 4.90 Å². The van der Waals surface area contributed by atoms with Gasteiger partial charge in [-0.15, -0.1) is 0 Å². The van der Waals surface area contributed by atoms with Crippen molar-refractivity contribution in [3.05, 3.63) is 59.4 Å². The van der Waals surface area contributed by atoms with Crippen LogP contribution in [0.3, 0.4) is 0 Å². The normalized spacial score (nSPS) is 11.5. The van der Waals surface area contributed by atoms with Crippen molar-refractivity contribution in [3.8, 4) is 0 Å². The van der Waals surface area contributed by atoms with E-state index in [-0.39, 0.29) is 0 Å². The summed E-state index contributed by atoms with van der Waals surface area (Å²) in [4.78, 5) is -1.16. The molecule has 0 radical (unpaired) electrons. The predicted octanol–water partition coefficient (Wildman–Crippen LogP) is 3.18. The molecular weight excluding hydrogens is 317 g/mol. The Balaban J connectivity index is 2.43. The maximum atomic E-state index is 13.4. The Bertz CT molecular complexity index is 808. The zero-order chi connectivity index (χ0) is 15.8. The summed E-state index contributed by atoms with van der Waals surface area (Å²) in [5, 5.41) is 0. The molecule has 0 saturated heterocycles. The molecule has 0 bridgehead atoms. The van der Waals surface area contributed by atoms with E-state index in [0.717, 1.165) is 6.07 Å². The summed E-state index contributed by atoms with van der Waals surface area (Å²) < 4.78 is 90.3. The van der Waals surface area contributed by atoms with E-state index in [1.165, 1.54) is 0 Å². The maximum absolute atomic E-state index is 13.4. The second-order valence-corrected chi connectivity index (χ2v) is 5.56. The monoisotopic (exact) mass is 323 g/mol. The molecule has 0 saturated carbocycles. The minimum Gasteiger partial charge on any atom is -0.279 e. The van der Waals surface area contributed by atoms with Gasteiger partial charge in [0.15, 0.2) is 29.1 Å². The van der Waals surface area contributed by atoms with Crippen LogP contribution in [0.1, 0.15) is 0 Å². The van der Waals surface area contributed by atoms with Crippen molar-refractivity contribution in [1.29, 1.82) is 0 Å². The summed E-state index contributed by atoms with van der Waals surface area (Å²) in [6.07, 6.45) is 0. The van der Waals surface area contributed by atoms with Crippen LogP contribution < -0.4 is 4.72 Å². The van der Waals surface area contributed by atoms with Gasteiger partial charge in [0.25, 0.3) is 10.0 Å². The van der Waals surface area contributed by atoms with Gasteiger partial charge in [-0.2, -0.15) is 0 Å². The molecule has 0 aromatic heterocycles. The molecule has 21 heavy (non-hydrogen) atoms. The second-order valence-electron chi connectivity index (χ2n) is 3.91. The number of nitrogens with one attached hydrogen (secondary N) is 1. The van der Waals surface area contributed by atoms with E-state index in [0.29, 0.717) is 24.3 Å². The van der Waals surface area contributed by atoms with Crippen LogP contribution in [0, 0.1) is 29.1 Å². The van der Waals surface area contributed by atoms with Crippen LogP contribution in [0.15, 0.2) is 35.2 Å². The molecule has 0 amide bonds. The van der Waals surface area contributed by atoms with Crippen molar-refractivity contribution in [3.63, 3.8) is 0 Å². The van der Waals surface area contributed by atoms with Gasteiger partial charge in [-0.3, -0.25) is 4.72 Å². The standard InChI is InChI=1S/C12H6F5NO2S/c13-7-2-1-6(5-9(7)15)18-21(19,20)10-4-3-8(14)11(16)12(10)17/h1-5,18H. The molecule has 0 unspecified atom stereocenters. The smallest absolute Gasteiger partial charge is 0.264 e. The number of hydrogen-bond donors (Lipinski definition) is 1. The molecule has 2 rings (SSSR count). The van der Waals surface area contributed by atoms with Crippen LogP contribution >= 0.6 is 0 Å². The van der Waals surface area contributed by atoms with Crippen LogP contribution in [0.25, 0.3) is 0 Å². The van der Waals surface area contributed by atoms with Crippen LogP contribution in [0.2, 0.25) is 0 Å². The number of rotatable bonds is 3. The van der Waals surface area contributed by atoms with Crippen molar-refractivity contribution in [2.45, 2.75) is 4.90 Å². The first-order chi connectivity index (χ1) is 9.72. The molecule has 0 heterocycles. The Morgan fingerprint density at radius 3 is 2.00 bits per heavy atom. The summed E-state index contributed by atoms with van der Waals surface area (Å²) >= 11 is 0. The van der Waals surface area contributed by atoms with E-state index in [4.69, 9.17) is 0 Å². The lowest BCUT2D eigenvalue weighted by molar-refractivity contribution is 0.432. The van der Waals surface area contributed by atoms with Gasteiger partial charge < -0.3 is 0 Å². The van der Waals surface area contributed by atoms with Gasteiger partial charge in [0.05, 0.1) is 5.69 Å². The second kappa shape index (κ2) is 5.32. The van der Waals surface area contributed by atoms with Crippen molar-refractivity contribution in [1.82, 2.24) is 0 Å². The van der Waals surface area contributed by atoms with Gasteiger partial charge in [-0.05, 0) is 24.3 Å². The Morgan fingerprint density at radius 2 is 1.38 bits per heavy atom. The fourth-order valence-corrected chi connectivity index (χ4v) is 2.61. The van der Waals surface area contributed by atoms with Crippen LogP contribution in [0.4, 0.5) is 27.6 Å². The van der Waals surface area contributed by atoms with Crippen LogP contribution in [0.5, 0.6) is 0 Å². The summed E-state index contributed by atoms with van der Waals surface area (Å²) in [5.41, 5.74) is -0.405. The zero-order valence-electron chi connectivity index (χ0n) is 10.0. The zero-order valence-corrected chi connectivity index (χ0v) is 10.8. The SMILES string of the molecule is O=S(=O)(Nc1ccc(F)c(F)c1)c1ccc(F)c(F)c1F. The Morgan fingerprint density at radius 1 is 0.762 bits per heavy atom. The topological polar surface area (TPSA) is 46.2 Å². The molecule has 3 nitrogen and oxygen atoms in total. The fraction of sp³-hybridized carbons (Fsp3) is 0. The fourth-order valence-electron chi connectivity index (χ4n) is 1.49. The molecule has 2 aromatic carbocycles.